The number of aliphatic carboxylic acids is 1. The molecule has 2 aromatic rings. The van der Waals surface area contributed by atoms with Crippen LogP contribution in [0.25, 0.3) is 6.08 Å². The van der Waals surface area contributed by atoms with Crippen molar-refractivity contribution < 1.29 is 23.9 Å². The number of carboxylic acid groups (broad SMARTS) is 1. The predicted octanol–water partition coefficient (Wildman–Crippen LogP) is 1.44. The maximum absolute atomic E-state index is 12.2. The Morgan fingerprint density at radius 2 is 1.76 bits per heavy atom. The number of rotatable bonds is 6. The van der Waals surface area contributed by atoms with Gasteiger partial charge in [-0.1, -0.05) is 28.1 Å². The molecule has 0 unspecified atom stereocenters. The number of carbonyl (C=O) groups excluding carboxylic acids is 3. The predicted molar refractivity (Wildman–Crippen MR) is 94.0 cm³/mol. The van der Waals surface area contributed by atoms with Gasteiger partial charge in [0, 0.05) is 4.47 Å². The molecule has 0 aliphatic carbocycles. The first-order chi connectivity index (χ1) is 11.8. The van der Waals surface area contributed by atoms with E-state index in [2.05, 4.69) is 42.5 Å². The third-order valence-electron chi connectivity index (χ3n) is 2.86. The first-order valence-electron chi connectivity index (χ1n) is 6.87. The van der Waals surface area contributed by atoms with Gasteiger partial charge in [-0.05, 0) is 51.8 Å². The molecule has 9 heteroatoms. The highest BCUT2D eigenvalue weighted by atomic mass is 79.9. The largest absolute Gasteiger partial charge is 0.548 e. The Morgan fingerprint density at radius 3 is 2.32 bits per heavy atom. The molecular formula is C16H11Br2N2O5-. The summed E-state index contributed by atoms with van der Waals surface area (Å²) in [6.07, 6.45) is 1.41. The molecule has 130 valence electrons. The highest BCUT2D eigenvalue weighted by molar-refractivity contribution is 9.10. The van der Waals surface area contributed by atoms with Gasteiger partial charge in [0.05, 0.1) is 12.5 Å². The maximum atomic E-state index is 12.2. The van der Waals surface area contributed by atoms with Crippen LogP contribution in [0.5, 0.6) is 0 Å². The first kappa shape index (κ1) is 18.9. The van der Waals surface area contributed by atoms with E-state index in [1.165, 1.54) is 18.2 Å². The minimum Gasteiger partial charge on any atom is -0.548 e. The molecule has 7 nitrogen and oxygen atoms in total. The Hall–Kier alpha value is -2.39. The van der Waals surface area contributed by atoms with E-state index in [0.29, 0.717) is 10.2 Å². The Morgan fingerprint density at radius 1 is 1.08 bits per heavy atom. The smallest absolute Gasteiger partial charge is 0.291 e. The topological polar surface area (TPSA) is 111 Å². The molecule has 0 fully saturated rings. The van der Waals surface area contributed by atoms with Crippen molar-refractivity contribution in [2.75, 3.05) is 6.54 Å². The van der Waals surface area contributed by atoms with Crippen LogP contribution in [0.2, 0.25) is 0 Å². The van der Waals surface area contributed by atoms with E-state index < -0.39 is 24.3 Å². The summed E-state index contributed by atoms with van der Waals surface area (Å²) < 4.78 is 6.33. The zero-order valence-electron chi connectivity index (χ0n) is 12.5. The van der Waals surface area contributed by atoms with Gasteiger partial charge >= 0.3 is 0 Å². The van der Waals surface area contributed by atoms with Crippen molar-refractivity contribution in [2.24, 2.45) is 0 Å². The van der Waals surface area contributed by atoms with E-state index in [9.17, 15) is 19.5 Å². The summed E-state index contributed by atoms with van der Waals surface area (Å²) in [6, 6.07) is 9.90. The number of hydrogen-bond donors (Lipinski definition) is 2. The van der Waals surface area contributed by atoms with E-state index in [0.717, 1.165) is 4.47 Å². The highest BCUT2D eigenvalue weighted by Crippen LogP contribution is 2.15. The van der Waals surface area contributed by atoms with Crippen molar-refractivity contribution >= 4 is 55.7 Å². The van der Waals surface area contributed by atoms with Gasteiger partial charge in [-0.25, -0.2) is 0 Å². The van der Waals surface area contributed by atoms with E-state index in [1.54, 1.807) is 24.3 Å². The third kappa shape index (κ3) is 5.87. The van der Waals surface area contributed by atoms with Crippen LogP contribution in [0, 0.1) is 0 Å². The lowest BCUT2D eigenvalue weighted by Gasteiger charge is -2.10. The van der Waals surface area contributed by atoms with E-state index >= 15 is 0 Å². The van der Waals surface area contributed by atoms with Gasteiger partial charge < -0.3 is 25.0 Å². The van der Waals surface area contributed by atoms with E-state index in [1.807, 2.05) is 0 Å². The summed E-state index contributed by atoms with van der Waals surface area (Å²) >= 11 is 6.38. The zero-order chi connectivity index (χ0) is 18.4. The van der Waals surface area contributed by atoms with Crippen molar-refractivity contribution in [3.8, 4) is 0 Å². The van der Waals surface area contributed by atoms with Crippen LogP contribution in [0.15, 0.2) is 55.7 Å². The standard InChI is InChI=1S/C16H12Br2N2O5/c17-10-3-1-9(2-4-10)7-11(15(23)19-8-14(21)22)20-16(24)12-5-6-13(18)25-12/h1-7H,8H2,(H,19,23)(H,20,24)(H,21,22)/p-1/b11-7-. The molecule has 0 radical (unpaired) electrons. The van der Waals surface area contributed by atoms with Gasteiger partial charge in [0.15, 0.2) is 10.4 Å². The summed E-state index contributed by atoms with van der Waals surface area (Å²) in [7, 11) is 0. The fourth-order valence-corrected chi connectivity index (χ4v) is 2.32. The van der Waals surface area contributed by atoms with Crippen molar-refractivity contribution in [1.29, 1.82) is 0 Å². The van der Waals surface area contributed by atoms with Crippen molar-refractivity contribution in [1.82, 2.24) is 10.6 Å². The van der Waals surface area contributed by atoms with Crippen LogP contribution >= 0.6 is 31.9 Å². The van der Waals surface area contributed by atoms with E-state index in [-0.39, 0.29) is 11.5 Å². The highest BCUT2D eigenvalue weighted by Gasteiger charge is 2.17. The number of carboxylic acids is 1. The number of benzene rings is 1. The molecule has 0 spiro atoms. The molecule has 1 heterocycles. The van der Waals surface area contributed by atoms with Crippen molar-refractivity contribution in [3.05, 3.63) is 62.6 Å². The van der Waals surface area contributed by atoms with Gasteiger partial charge in [0.2, 0.25) is 0 Å². The molecule has 0 aliphatic heterocycles. The van der Waals surface area contributed by atoms with Crippen LogP contribution in [0.3, 0.4) is 0 Å². The first-order valence-corrected chi connectivity index (χ1v) is 8.46. The summed E-state index contributed by atoms with van der Waals surface area (Å²) in [5.74, 6) is -2.89. The van der Waals surface area contributed by atoms with Crippen LogP contribution in [-0.4, -0.2) is 24.3 Å². The Kier molecular flexibility index (Phi) is 6.54. The van der Waals surface area contributed by atoms with Gasteiger partial charge in [0.1, 0.15) is 5.70 Å². The van der Waals surface area contributed by atoms with Gasteiger partial charge in [0.25, 0.3) is 11.8 Å². The summed E-state index contributed by atoms with van der Waals surface area (Å²) in [6.45, 7) is -0.682. The van der Waals surface area contributed by atoms with Crippen LogP contribution in [0.4, 0.5) is 0 Å². The van der Waals surface area contributed by atoms with E-state index in [4.69, 9.17) is 4.42 Å². The number of amides is 2. The Labute approximate surface area is 159 Å². The molecule has 0 atom stereocenters. The molecule has 1 aromatic carbocycles. The fraction of sp³-hybridized carbons (Fsp3) is 0.0625. The summed E-state index contributed by atoms with van der Waals surface area (Å²) in [5, 5.41) is 15.1. The Bertz CT molecular complexity index is 827. The fourth-order valence-electron chi connectivity index (χ4n) is 1.75. The normalized spacial score (nSPS) is 11.0. The number of carbonyl (C=O) groups is 3. The zero-order valence-corrected chi connectivity index (χ0v) is 15.7. The second-order valence-electron chi connectivity index (χ2n) is 4.72. The molecule has 25 heavy (non-hydrogen) atoms. The molecule has 2 rings (SSSR count). The molecule has 0 saturated heterocycles. The molecule has 2 amide bonds. The molecule has 0 bridgehead atoms. The number of halogens is 2. The quantitative estimate of drug-likeness (QED) is 0.620. The van der Waals surface area contributed by atoms with Crippen molar-refractivity contribution in [3.63, 3.8) is 0 Å². The van der Waals surface area contributed by atoms with Crippen molar-refractivity contribution in [2.45, 2.75) is 0 Å². The van der Waals surface area contributed by atoms with Gasteiger partial charge in [-0.15, -0.1) is 0 Å². The van der Waals surface area contributed by atoms with Crippen LogP contribution in [-0.2, 0) is 9.59 Å². The lowest BCUT2D eigenvalue weighted by Crippen LogP contribution is -2.41. The lowest BCUT2D eigenvalue weighted by atomic mass is 10.2. The molecule has 2 N–H and O–H groups in total. The van der Waals surface area contributed by atoms with Crippen LogP contribution < -0.4 is 15.7 Å². The number of furan rings is 1. The monoisotopic (exact) mass is 469 g/mol. The maximum Gasteiger partial charge on any atom is 0.291 e. The van der Waals surface area contributed by atoms with Gasteiger partial charge in [-0.2, -0.15) is 0 Å². The molecular weight excluding hydrogens is 460 g/mol. The second kappa shape index (κ2) is 8.63. The molecule has 0 saturated carbocycles. The SMILES string of the molecule is O=C([O-])CNC(=O)/C(=C/c1ccc(Br)cc1)NC(=O)c1ccc(Br)o1. The number of hydrogen-bond acceptors (Lipinski definition) is 5. The van der Waals surface area contributed by atoms with Gasteiger partial charge in [-0.3, -0.25) is 9.59 Å². The molecule has 1 aromatic heterocycles. The minimum absolute atomic E-state index is 0.0127. The lowest BCUT2D eigenvalue weighted by molar-refractivity contribution is -0.303. The molecule has 0 aliphatic rings. The Balaban J connectivity index is 2.24. The second-order valence-corrected chi connectivity index (χ2v) is 6.42. The average Bonchev–Trinajstić information content (AvgIpc) is 3.00. The summed E-state index contributed by atoms with van der Waals surface area (Å²) in [5.41, 5.74) is 0.490. The minimum atomic E-state index is -1.45. The summed E-state index contributed by atoms with van der Waals surface area (Å²) in [4.78, 5) is 34.8. The average molecular weight is 471 g/mol. The van der Waals surface area contributed by atoms with Crippen LogP contribution in [0.1, 0.15) is 16.1 Å². The number of nitrogens with one attached hydrogen (secondary N) is 2. The third-order valence-corrected chi connectivity index (χ3v) is 3.82.